The van der Waals surface area contributed by atoms with Crippen LogP contribution in [0.15, 0.2) is 0 Å². The molecule has 16 heavy (non-hydrogen) atoms. The van der Waals surface area contributed by atoms with Gasteiger partial charge in [-0.2, -0.15) is 0 Å². The van der Waals surface area contributed by atoms with Gasteiger partial charge in [0.2, 0.25) is 0 Å². The Morgan fingerprint density at radius 1 is 1.38 bits per heavy atom. The lowest BCUT2D eigenvalue weighted by molar-refractivity contribution is 0.0192. The summed E-state index contributed by atoms with van der Waals surface area (Å²) in [6.07, 6.45) is 4.69. The first-order valence-electron chi connectivity index (χ1n) is 6.40. The Labute approximate surface area is 99.1 Å². The Morgan fingerprint density at radius 3 is 2.38 bits per heavy atom. The molecule has 0 aromatic carbocycles. The summed E-state index contributed by atoms with van der Waals surface area (Å²) >= 11 is 0. The highest BCUT2D eigenvalue weighted by Gasteiger charge is 2.26. The van der Waals surface area contributed by atoms with E-state index in [9.17, 15) is 4.79 Å². The number of amides is 1. The van der Waals surface area contributed by atoms with Crippen LogP contribution >= 0.6 is 0 Å². The molecule has 0 aromatic heterocycles. The molecule has 0 aromatic rings. The molecule has 0 saturated heterocycles. The van der Waals surface area contributed by atoms with E-state index in [2.05, 4.69) is 6.92 Å². The Kier molecular flexibility index (Phi) is 4.63. The van der Waals surface area contributed by atoms with Gasteiger partial charge in [0.1, 0.15) is 5.60 Å². The summed E-state index contributed by atoms with van der Waals surface area (Å²) in [5.41, 5.74) is -0.386. The van der Waals surface area contributed by atoms with Crippen molar-refractivity contribution in [1.29, 1.82) is 0 Å². The molecular weight excluding hydrogens is 202 g/mol. The molecule has 0 spiro atoms. The van der Waals surface area contributed by atoms with Gasteiger partial charge in [0, 0.05) is 13.1 Å². The van der Waals surface area contributed by atoms with Gasteiger partial charge in [-0.25, -0.2) is 4.79 Å². The SMILES string of the molecule is CCCN(CC1CCC1)C(=O)OC(C)(C)C. The number of rotatable bonds is 4. The fourth-order valence-electron chi connectivity index (χ4n) is 1.84. The minimum atomic E-state index is -0.386. The van der Waals surface area contributed by atoms with E-state index in [0.717, 1.165) is 19.5 Å². The minimum Gasteiger partial charge on any atom is -0.444 e. The molecule has 1 fully saturated rings. The van der Waals surface area contributed by atoms with Crippen LogP contribution in [0, 0.1) is 5.92 Å². The van der Waals surface area contributed by atoms with E-state index in [1.54, 1.807) is 0 Å². The summed E-state index contributed by atoms with van der Waals surface area (Å²) in [5, 5.41) is 0. The molecule has 0 atom stereocenters. The molecule has 0 radical (unpaired) electrons. The zero-order chi connectivity index (χ0) is 12.2. The number of hydrogen-bond acceptors (Lipinski definition) is 2. The van der Waals surface area contributed by atoms with Crippen molar-refractivity contribution in [3.05, 3.63) is 0 Å². The van der Waals surface area contributed by atoms with Crippen LogP contribution in [0.4, 0.5) is 4.79 Å². The monoisotopic (exact) mass is 227 g/mol. The van der Waals surface area contributed by atoms with Gasteiger partial charge < -0.3 is 9.64 Å². The van der Waals surface area contributed by atoms with Crippen LogP contribution in [0.5, 0.6) is 0 Å². The van der Waals surface area contributed by atoms with E-state index in [4.69, 9.17) is 4.74 Å². The van der Waals surface area contributed by atoms with Gasteiger partial charge >= 0.3 is 6.09 Å². The zero-order valence-electron chi connectivity index (χ0n) is 11.1. The normalized spacial score (nSPS) is 16.8. The Hall–Kier alpha value is -0.730. The third-order valence-corrected chi connectivity index (χ3v) is 2.85. The van der Waals surface area contributed by atoms with Gasteiger partial charge in [-0.05, 0) is 46.0 Å². The van der Waals surface area contributed by atoms with Gasteiger partial charge in [0.05, 0.1) is 0 Å². The lowest BCUT2D eigenvalue weighted by atomic mass is 9.85. The third-order valence-electron chi connectivity index (χ3n) is 2.85. The topological polar surface area (TPSA) is 29.5 Å². The van der Waals surface area contributed by atoms with Crippen LogP contribution < -0.4 is 0 Å². The van der Waals surface area contributed by atoms with Crippen molar-refractivity contribution in [3.8, 4) is 0 Å². The molecule has 94 valence electrons. The van der Waals surface area contributed by atoms with Crippen molar-refractivity contribution in [2.24, 2.45) is 5.92 Å². The summed E-state index contributed by atoms with van der Waals surface area (Å²) in [7, 11) is 0. The fraction of sp³-hybridized carbons (Fsp3) is 0.923. The molecule has 0 N–H and O–H groups in total. The molecule has 1 amide bonds. The quantitative estimate of drug-likeness (QED) is 0.736. The van der Waals surface area contributed by atoms with Gasteiger partial charge in [0.25, 0.3) is 0 Å². The predicted octanol–water partition coefficient (Wildman–Crippen LogP) is 3.43. The van der Waals surface area contributed by atoms with Crippen LogP contribution in [0.1, 0.15) is 53.4 Å². The Bertz CT molecular complexity index is 229. The number of nitrogens with zero attached hydrogens (tertiary/aromatic N) is 1. The largest absolute Gasteiger partial charge is 0.444 e. The minimum absolute atomic E-state index is 0.152. The second kappa shape index (κ2) is 5.55. The van der Waals surface area contributed by atoms with Crippen LogP contribution in [-0.2, 0) is 4.74 Å². The number of hydrogen-bond donors (Lipinski definition) is 0. The van der Waals surface area contributed by atoms with Crippen molar-refractivity contribution < 1.29 is 9.53 Å². The molecule has 0 heterocycles. The van der Waals surface area contributed by atoms with E-state index in [-0.39, 0.29) is 11.7 Å². The molecule has 3 heteroatoms. The van der Waals surface area contributed by atoms with E-state index < -0.39 is 0 Å². The lowest BCUT2D eigenvalue weighted by Gasteiger charge is -2.33. The first-order valence-corrected chi connectivity index (χ1v) is 6.40. The summed E-state index contributed by atoms with van der Waals surface area (Å²) < 4.78 is 5.41. The van der Waals surface area contributed by atoms with Crippen LogP contribution in [-0.4, -0.2) is 29.7 Å². The average Bonchev–Trinajstić information content (AvgIpc) is 2.05. The molecular formula is C13H25NO2. The Morgan fingerprint density at radius 2 is 2.00 bits per heavy atom. The molecule has 1 rings (SSSR count). The summed E-state index contributed by atoms with van der Waals surface area (Å²) in [6, 6.07) is 0. The standard InChI is InChI=1S/C13H25NO2/c1-5-9-14(10-11-7-6-8-11)12(15)16-13(2,3)4/h11H,5-10H2,1-4H3. The second-order valence-electron chi connectivity index (χ2n) is 5.72. The van der Waals surface area contributed by atoms with Crippen molar-refractivity contribution in [2.75, 3.05) is 13.1 Å². The first-order chi connectivity index (χ1) is 7.42. The van der Waals surface area contributed by atoms with E-state index >= 15 is 0 Å². The maximum atomic E-state index is 11.9. The third kappa shape index (κ3) is 4.42. The lowest BCUT2D eigenvalue weighted by Crippen LogP contribution is -2.41. The summed E-state index contributed by atoms with van der Waals surface area (Å²) in [5.74, 6) is 0.707. The first kappa shape index (κ1) is 13.3. The van der Waals surface area contributed by atoms with Crippen LogP contribution in [0.3, 0.4) is 0 Å². The number of ether oxygens (including phenoxy) is 1. The highest BCUT2D eigenvalue weighted by molar-refractivity contribution is 5.68. The maximum Gasteiger partial charge on any atom is 0.410 e. The Balaban J connectivity index is 2.43. The second-order valence-corrected chi connectivity index (χ2v) is 5.72. The zero-order valence-corrected chi connectivity index (χ0v) is 11.1. The van der Waals surface area contributed by atoms with E-state index in [1.165, 1.54) is 19.3 Å². The highest BCUT2D eigenvalue weighted by atomic mass is 16.6. The van der Waals surface area contributed by atoms with Gasteiger partial charge in [0.15, 0.2) is 0 Å². The van der Waals surface area contributed by atoms with Gasteiger partial charge in [-0.3, -0.25) is 0 Å². The summed E-state index contributed by atoms with van der Waals surface area (Å²) in [6.45, 7) is 9.53. The van der Waals surface area contributed by atoms with Gasteiger partial charge in [-0.1, -0.05) is 13.3 Å². The average molecular weight is 227 g/mol. The van der Waals surface area contributed by atoms with Crippen molar-refractivity contribution in [1.82, 2.24) is 4.90 Å². The van der Waals surface area contributed by atoms with Crippen molar-refractivity contribution in [2.45, 2.75) is 59.0 Å². The molecule has 0 bridgehead atoms. The predicted molar refractivity (Wildman–Crippen MR) is 65.4 cm³/mol. The fourth-order valence-corrected chi connectivity index (χ4v) is 1.84. The molecule has 1 aliphatic carbocycles. The smallest absolute Gasteiger partial charge is 0.410 e. The number of carbonyl (C=O) groups is 1. The highest BCUT2D eigenvalue weighted by Crippen LogP contribution is 2.27. The van der Waals surface area contributed by atoms with E-state index in [1.807, 2.05) is 25.7 Å². The molecule has 1 aliphatic rings. The molecule has 0 aliphatic heterocycles. The molecule has 0 unspecified atom stereocenters. The van der Waals surface area contributed by atoms with E-state index in [0.29, 0.717) is 5.92 Å². The maximum absolute atomic E-state index is 11.9. The van der Waals surface area contributed by atoms with Crippen molar-refractivity contribution >= 4 is 6.09 Å². The number of carbonyl (C=O) groups excluding carboxylic acids is 1. The summed E-state index contributed by atoms with van der Waals surface area (Å²) in [4.78, 5) is 13.8. The van der Waals surface area contributed by atoms with Gasteiger partial charge in [-0.15, -0.1) is 0 Å². The van der Waals surface area contributed by atoms with Crippen LogP contribution in [0.25, 0.3) is 0 Å². The molecule has 1 saturated carbocycles. The molecule has 3 nitrogen and oxygen atoms in total. The van der Waals surface area contributed by atoms with Crippen molar-refractivity contribution in [3.63, 3.8) is 0 Å². The van der Waals surface area contributed by atoms with Crippen LogP contribution in [0.2, 0.25) is 0 Å².